The van der Waals surface area contributed by atoms with Crippen molar-refractivity contribution in [3.63, 3.8) is 0 Å². The minimum absolute atomic E-state index is 0.0214. The molecule has 0 unspecified atom stereocenters. The molecule has 2 aromatic rings. The number of benzene rings is 1. The van der Waals surface area contributed by atoms with Crippen molar-refractivity contribution in [3.05, 3.63) is 47.5 Å². The molecule has 0 N–H and O–H groups in total. The molecule has 0 spiro atoms. The fourth-order valence-electron chi connectivity index (χ4n) is 4.20. The summed E-state index contributed by atoms with van der Waals surface area (Å²) in [4.78, 5) is 29.0. The van der Waals surface area contributed by atoms with E-state index < -0.39 is 0 Å². The van der Waals surface area contributed by atoms with E-state index in [1.54, 1.807) is 39.9 Å². The molecule has 0 radical (unpaired) electrons. The largest absolute Gasteiger partial charge is 0.336 e. The van der Waals surface area contributed by atoms with Crippen LogP contribution in [0.5, 0.6) is 0 Å². The Morgan fingerprint density at radius 3 is 2.77 bits per heavy atom. The maximum atomic E-state index is 14.0. The Hall–Kier alpha value is -2.70. The Morgan fingerprint density at radius 1 is 1.23 bits per heavy atom. The van der Waals surface area contributed by atoms with Gasteiger partial charge in [-0.25, -0.2) is 4.39 Å². The van der Waals surface area contributed by atoms with Gasteiger partial charge < -0.3 is 9.80 Å². The van der Waals surface area contributed by atoms with Crippen molar-refractivity contribution in [1.29, 1.82) is 0 Å². The molecule has 2 amide bonds. The van der Waals surface area contributed by atoms with Crippen LogP contribution in [0.15, 0.2) is 30.5 Å². The summed E-state index contributed by atoms with van der Waals surface area (Å²) in [5.74, 6) is -0.674. The predicted octanol–water partition coefficient (Wildman–Crippen LogP) is 2.06. The minimum atomic E-state index is -0.373. The number of nitrogens with zero attached hydrogens (tertiary/aromatic N) is 4. The monoisotopic (exact) mass is 356 g/mol. The number of carbonyl (C=O) groups is 2. The number of aromatic nitrogens is 2. The second kappa shape index (κ2) is 6.23. The van der Waals surface area contributed by atoms with E-state index in [0.29, 0.717) is 37.1 Å². The number of hydrogen-bond acceptors (Lipinski definition) is 3. The van der Waals surface area contributed by atoms with Gasteiger partial charge in [-0.3, -0.25) is 14.3 Å². The van der Waals surface area contributed by atoms with Crippen molar-refractivity contribution in [3.8, 4) is 0 Å². The van der Waals surface area contributed by atoms with Gasteiger partial charge in [0, 0.05) is 44.5 Å². The summed E-state index contributed by atoms with van der Waals surface area (Å²) in [5, 5.41) is 4.19. The van der Waals surface area contributed by atoms with Crippen LogP contribution in [-0.2, 0) is 23.1 Å². The van der Waals surface area contributed by atoms with Gasteiger partial charge in [-0.1, -0.05) is 6.07 Å². The van der Waals surface area contributed by atoms with Crippen LogP contribution in [-0.4, -0.2) is 40.1 Å². The molecule has 1 aromatic heterocycles. The summed E-state index contributed by atoms with van der Waals surface area (Å²) < 4.78 is 15.7. The molecule has 0 bridgehead atoms. The van der Waals surface area contributed by atoms with Gasteiger partial charge in [0.15, 0.2) is 0 Å². The summed E-state index contributed by atoms with van der Waals surface area (Å²) in [7, 11) is 3.54. The van der Waals surface area contributed by atoms with Gasteiger partial charge in [0.1, 0.15) is 5.82 Å². The maximum absolute atomic E-state index is 14.0. The molecular weight excluding hydrogens is 335 g/mol. The lowest BCUT2D eigenvalue weighted by molar-refractivity contribution is -0.141. The van der Waals surface area contributed by atoms with Gasteiger partial charge in [0.2, 0.25) is 11.8 Å². The zero-order chi connectivity index (χ0) is 18.4. The Morgan fingerprint density at radius 2 is 2.04 bits per heavy atom. The van der Waals surface area contributed by atoms with E-state index in [1.807, 2.05) is 13.1 Å². The highest BCUT2D eigenvalue weighted by molar-refractivity contribution is 5.98. The number of rotatable bonds is 2. The number of amides is 2. The lowest BCUT2D eigenvalue weighted by atomic mass is 9.85. The van der Waals surface area contributed by atoms with Crippen LogP contribution < -0.4 is 4.90 Å². The number of aryl methyl sites for hydroxylation is 1. The van der Waals surface area contributed by atoms with E-state index in [2.05, 4.69) is 5.10 Å². The third-order valence-corrected chi connectivity index (χ3v) is 5.58. The van der Waals surface area contributed by atoms with Crippen molar-refractivity contribution in [2.75, 3.05) is 18.5 Å². The van der Waals surface area contributed by atoms with Crippen molar-refractivity contribution >= 4 is 17.5 Å². The smallest absolute Gasteiger partial charge is 0.232 e. The second-order valence-corrected chi connectivity index (χ2v) is 6.95. The first-order valence-electron chi connectivity index (χ1n) is 8.81. The number of anilines is 1. The van der Waals surface area contributed by atoms with Gasteiger partial charge in [-0.2, -0.15) is 5.10 Å². The molecule has 2 aliphatic heterocycles. The number of piperidine rings is 1. The number of carbonyl (C=O) groups excluding carboxylic acids is 2. The standard InChI is InChI=1S/C19H21FN4O2/c1-22-17(25)7-6-13(18(22)16-8-10-21-23(16)2)19(26)24-11-9-12-14(20)4-3-5-15(12)24/h3-5,8,10,13,18H,6-7,9,11H2,1-2H3/t13-,18-/m0/s1. The molecule has 3 heterocycles. The molecular formula is C19H21FN4O2. The van der Waals surface area contributed by atoms with Crippen LogP contribution in [0, 0.1) is 11.7 Å². The van der Waals surface area contributed by atoms with E-state index in [1.165, 1.54) is 6.07 Å². The van der Waals surface area contributed by atoms with Crippen molar-refractivity contribution < 1.29 is 14.0 Å². The van der Waals surface area contributed by atoms with Crippen LogP contribution in [0.2, 0.25) is 0 Å². The normalized spacial score (nSPS) is 22.7. The second-order valence-electron chi connectivity index (χ2n) is 6.95. The molecule has 1 aromatic carbocycles. The fourth-order valence-corrected chi connectivity index (χ4v) is 4.20. The topological polar surface area (TPSA) is 58.4 Å². The third kappa shape index (κ3) is 2.50. The van der Waals surface area contributed by atoms with Gasteiger partial charge in [0.05, 0.1) is 17.7 Å². The molecule has 136 valence electrons. The Kier molecular flexibility index (Phi) is 4.01. The first kappa shape index (κ1) is 16.8. The zero-order valence-corrected chi connectivity index (χ0v) is 14.9. The average molecular weight is 356 g/mol. The molecule has 2 aliphatic rings. The quantitative estimate of drug-likeness (QED) is 0.828. The molecule has 26 heavy (non-hydrogen) atoms. The molecule has 1 saturated heterocycles. The highest BCUT2D eigenvalue weighted by atomic mass is 19.1. The summed E-state index contributed by atoms with van der Waals surface area (Å²) in [6.07, 6.45) is 3.01. The number of likely N-dealkylation sites (tertiary alicyclic amines) is 1. The first-order valence-corrected chi connectivity index (χ1v) is 8.81. The zero-order valence-electron chi connectivity index (χ0n) is 14.9. The SMILES string of the molecule is CN1C(=O)CC[C@H](C(=O)N2CCc3c(F)cccc32)[C@H]1c1ccnn1C. The molecule has 7 heteroatoms. The lowest BCUT2D eigenvalue weighted by Crippen LogP contribution is -2.48. The van der Waals surface area contributed by atoms with Crippen molar-refractivity contribution in [2.24, 2.45) is 13.0 Å². The van der Waals surface area contributed by atoms with Gasteiger partial charge in [-0.05, 0) is 31.0 Å². The fraction of sp³-hybridized carbons (Fsp3) is 0.421. The van der Waals surface area contributed by atoms with E-state index in [0.717, 1.165) is 5.69 Å². The van der Waals surface area contributed by atoms with Crippen molar-refractivity contribution in [2.45, 2.75) is 25.3 Å². The Balaban J connectivity index is 1.70. The number of hydrogen-bond donors (Lipinski definition) is 0. The van der Waals surface area contributed by atoms with E-state index in [-0.39, 0.29) is 29.6 Å². The molecule has 1 fully saturated rings. The molecule has 6 nitrogen and oxygen atoms in total. The molecule has 0 aliphatic carbocycles. The first-order chi connectivity index (χ1) is 12.5. The molecule has 2 atom stereocenters. The van der Waals surface area contributed by atoms with E-state index >= 15 is 0 Å². The summed E-state index contributed by atoms with van der Waals surface area (Å²) >= 11 is 0. The van der Waals surface area contributed by atoms with Crippen LogP contribution in [0.4, 0.5) is 10.1 Å². The minimum Gasteiger partial charge on any atom is -0.336 e. The summed E-state index contributed by atoms with van der Waals surface area (Å²) in [5.41, 5.74) is 2.08. The van der Waals surface area contributed by atoms with E-state index in [9.17, 15) is 14.0 Å². The highest BCUT2D eigenvalue weighted by Crippen LogP contribution is 2.39. The average Bonchev–Trinajstić information content (AvgIpc) is 3.24. The van der Waals surface area contributed by atoms with Gasteiger partial charge in [-0.15, -0.1) is 0 Å². The van der Waals surface area contributed by atoms with Crippen molar-refractivity contribution in [1.82, 2.24) is 14.7 Å². The Bertz CT molecular complexity index is 878. The van der Waals surface area contributed by atoms with E-state index in [4.69, 9.17) is 0 Å². The third-order valence-electron chi connectivity index (χ3n) is 5.58. The summed E-state index contributed by atoms with van der Waals surface area (Å²) in [6, 6.07) is 6.33. The van der Waals surface area contributed by atoms with Gasteiger partial charge in [0.25, 0.3) is 0 Å². The Labute approximate surface area is 151 Å². The number of halogens is 1. The van der Waals surface area contributed by atoms with Crippen LogP contribution in [0.3, 0.4) is 0 Å². The van der Waals surface area contributed by atoms with Crippen LogP contribution in [0.1, 0.15) is 30.1 Å². The maximum Gasteiger partial charge on any atom is 0.232 e. The predicted molar refractivity (Wildman–Crippen MR) is 93.9 cm³/mol. The summed E-state index contributed by atoms with van der Waals surface area (Å²) in [6.45, 7) is 0.474. The van der Waals surface area contributed by atoms with Crippen LogP contribution in [0.25, 0.3) is 0 Å². The lowest BCUT2D eigenvalue weighted by Gasteiger charge is -2.39. The highest BCUT2D eigenvalue weighted by Gasteiger charge is 2.43. The number of fused-ring (bicyclic) bond motifs is 1. The molecule has 0 saturated carbocycles. The van der Waals surface area contributed by atoms with Crippen LogP contribution >= 0.6 is 0 Å². The molecule has 4 rings (SSSR count). The van der Waals surface area contributed by atoms with Gasteiger partial charge >= 0.3 is 0 Å².